The van der Waals surface area contributed by atoms with Gasteiger partial charge in [0.25, 0.3) is 5.91 Å². The van der Waals surface area contributed by atoms with Gasteiger partial charge in [0.2, 0.25) is 5.91 Å². The van der Waals surface area contributed by atoms with Crippen molar-refractivity contribution in [2.24, 2.45) is 0 Å². The number of anilines is 1. The minimum Gasteiger partial charge on any atom is -0.326 e. The number of carbonyl (C=O) groups excluding carboxylic acids is 4. The fraction of sp³-hybridized carbons (Fsp3) is 0.304. The van der Waals surface area contributed by atoms with Crippen LogP contribution in [0.25, 0.3) is 0 Å². The number of carbonyl (C=O) groups is 4. The van der Waals surface area contributed by atoms with Crippen molar-refractivity contribution in [1.29, 1.82) is 0 Å². The molecule has 2 N–H and O–H groups in total. The second-order valence-corrected chi connectivity index (χ2v) is 7.38. The molecule has 1 atom stereocenters. The van der Waals surface area contributed by atoms with Gasteiger partial charge >= 0.3 is 6.03 Å². The van der Waals surface area contributed by atoms with Gasteiger partial charge in [-0.05, 0) is 36.2 Å². The summed E-state index contributed by atoms with van der Waals surface area (Å²) in [5.74, 6) is -0.972. The predicted molar refractivity (Wildman–Crippen MR) is 113 cm³/mol. The molecule has 7 nitrogen and oxygen atoms in total. The van der Waals surface area contributed by atoms with Gasteiger partial charge in [-0.3, -0.25) is 19.3 Å². The number of hydrogen-bond acceptors (Lipinski definition) is 4. The molecular formula is C23H25N3O4. The number of rotatable bonds is 8. The molecule has 1 fully saturated rings. The summed E-state index contributed by atoms with van der Waals surface area (Å²) in [4.78, 5) is 50.8. The van der Waals surface area contributed by atoms with Crippen molar-refractivity contribution in [2.45, 2.75) is 38.6 Å². The van der Waals surface area contributed by atoms with Crippen LogP contribution in [-0.4, -0.2) is 35.1 Å². The maximum atomic E-state index is 13.3. The molecule has 2 aromatic rings. The zero-order valence-electron chi connectivity index (χ0n) is 17.1. The van der Waals surface area contributed by atoms with Crippen molar-refractivity contribution in [2.75, 3.05) is 11.9 Å². The van der Waals surface area contributed by atoms with Crippen molar-refractivity contribution in [3.8, 4) is 0 Å². The molecule has 2 aromatic carbocycles. The highest BCUT2D eigenvalue weighted by molar-refractivity contribution is 6.11. The van der Waals surface area contributed by atoms with E-state index < -0.39 is 17.5 Å². The first-order chi connectivity index (χ1) is 14.4. The predicted octanol–water partition coefficient (Wildman–Crippen LogP) is 3.47. The third kappa shape index (κ3) is 4.25. The number of imide groups is 1. The summed E-state index contributed by atoms with van der Waals surface area (Å²) in [6.45, 7) is 3.07. The van der Waals surface area contributed by atoms with Crippen LogP contribution in [-0.2, 0) is 15.1 Å². The van der Waals surface area contributed by atoms with Crippen LogP contribution in [0.5, 0.6) is 0 Å². The molecule has 1 aliphatic rings. The number of unbranched alkanes of at least 4 members (excludes halogenated alkanes) is 1. The van der Waals surface area contributed by atoms with Gasteiger partial charge in [0.05, 0.1) is 6.54 Å². The highest BCUT2D eigenvalue weighted by Crippen LogP contribution is 2.34. The van der Waals surface area contributed by atoms with E-state index in [2.05, 4.69) is 10.6 Å². The smallest absolute Gasteiger partial charge is 0.325 e. The third-order valence-electron chi connectivity index (χ3n) is 5.18. The summed E-state index contributed by atoms with van der Waals surface area (Å²) < 4.78 is 0. The Kier molecular flexibility index (Phi) is 6.30. The number of amides is 4. The van der Waals surface area contributed by atoms with Crippen LogP contribution < -0.4 is 10.6 Å². The average molecular weight is 407 g/mol. The molecule has 30 heavy (non-hydrogen) atoms. The molecule has 4 amide bonds. The van der Waals surface area contributed by atoms with E-state index in [9.17, 15) is 19.2 Å². The zero-order chi connectivity index (χ0) is 21.7. The monoisotopic (exact) mass is 407 g/mol. The fourth-order valence-corrected chi connectivity index (χ4v) is 3.62. The fourth-order valence-electron chi connectivity index (χ4n) is 3.62. The van der Waals surface area contributed by atoms with E-state index in [-0.39, 0.29) is 18.2 Å². The Morgan fingerprint density at radius 1 is 1.03 bits per heavy atom. The van der Waals surface area contributed by atoms with Crippen molar-refractivity contribution in [3.63, 3.8) is 0 Å². The first-order valence-electron chi connectivity index (χ1n) is 9.98. The van der Waals surface area contributed by atoms with Gasteiger partial charge in [-0.25, -0.2) is 4.79 Å². The van der Waals surface area contributed by atoms with E-state index in [1.165, 1.54) is 6.92 Å². The SMILES string of the molecule is CCCC[C@@]1(c2ccccc2)NC(=O)N(CC(=O)c2ccc(NC(C)=O)cc2)C1=O. The van der Waals surface area contributed by atoms with Crippen LogP contribution in [0.1, 0.15) is 49.0 Å². The number of hydrogen-bond donors (Lipinski definition) is 2. The second-order valence-electron chi connectivity index (χ2n) is 7.38. The summed E-state index contributed by atoms with van der Waals surface area (Å²) in [6, 6.07) is 14.9. The molecule has 1 heterocycles. The third-order valence-corrected chi connectivity index (χ3v) is 5.18. The molecular weight excluding hydrogens is 382 g/mol. The highest BCUT2D eigenvalue weighted by Gasteiger charge is 2.52. The van der Waals surface area contributed by atoms with Gasteiger partial charge in [-0.2, -0.15) is 0 Å². The van der Waals surface area contributed by atoms with Gasteiger partial charge in [-0.1, -0.05) is 50.1 Å². The summed E-state index contributed by atoms with van der Waals surface area (Å²) in [6.07, 6.45) is 2.10. The van der Waals surface area contributed by atoms with Crippen LogP contribution >= 0.6 is 0 Å². The van der Waals surface area contributed by atoms with E-state index >= 15 is 0 Å². The van der Waals surface area contributed by atoms with Crippen molar-refractivity contribution in [3.05, 3.63) is 65.7 Å². The van der Waals surface area contributed by atoms with Gasteiger partial charge < -0.3 is 10.6 Å². The summed E-state index contributed by atoms with van der Waals surface area (Å²) in [7, 11) is 0. The van der Waals surface area contributed by atoms with E-state index in [1.807, 2.05) is 37.3 Å². The summed E-state index contributed by atoms with van der Waals surface area (Å²) in [5.41, 5.74) is 0.489. The van der Waals surface area contributed by atoms with Gasteiger partial charge in [0.15, 0.2) is 5.78 Å². The molecule has 0 aliphatic carbocycles. The second kappa shape index (κ2) is 8.90. The number of Topliss-reactive ketones (excluding diaryl/α,β-unsaturated/α-hetero) is 1. The molecule has 0 radical (unpaired) electrons. The van der Waals surface area contributed by atoms with E-state index in [0.717, 1.165) is 17.7 Å². The first kappa shape index (κ1) is 21.2. The van der Waals surface area contributed by atoms with Crippen molar-refractivity contribution >= 4 is 29.3 Å². The summed E-state index contributed by atoms with van der Waals surface area (Å²) in [5, 5.41) is 5.47. The lowest BCUT2D eigenvalue weighted by Gasteiger charge is -2.27. The zero-order valence-corrected chi connectivity index (χ0v) is 17.1. The lowest BCUT2D eigenvalue weighted by molar-refractivity contribution is -0.131. The van der Waals surface area contributed by atoms with Crippen LogP contribution in [0, 0.1) is 0 Å². The number of ketones is 1. The molecule has 0 unspecified atom stereocenters. The minimum atomic E-state index is -1.15. The van der Waals surface area contributed by atoms with E-state index in [4.69, 9.17) is 0 Å². The van der Waals surface area contributed by atoms with Crippen LogP contribution in [0.2, 0.25) is 0 Å². The largest absolute Gasteiger partial charge is 0.326 e. The standard InChI is InChI=1S/C23H25N3O4/c1-3-4-14-23(18-8-6-5-7-9-18)21(29)26(22(30)25-23)15-20(28)17-10-12-19(13-11-17)24-16(2)27/h5-13H,3-4,14-15H2,1-2H3,(H,24,27)(H,25,30)/t23-/m0/s1. The molecule has 0 saturated carbocycles. The Hall–Kier alpha value is -3.48. The molecule has 0 bridgehead atoms. The van der Waals surface area contributed by atoms with Gasteiger partial charge in [0.1, 0.15) is 5.54 Å². The van der Waals surface area contributed by atoms with Crippen LogP contribution in [0.15, 0.2) is 54.6 Å². The Labute approximate surface area is 175 Å². The van der Waals surface area contributed by atoms with Crippen molar-refractivity contribution in [1.82, 2.24) is 10.2 Å². The number of urea groups is 1. The van der Waals surface area contributed by atoms with Gasteiger partial charge in [-0.15, -0.1) is 0 Å². The number of benzene rings is 2. The number of nitrogens with one attached hydrogen (secondary N) is 2. The molecule has 1 aliphatic heterocycles. The van der Waals surface area contributed by atoms with Crippen LogP contribution in [0.3, 0.4) is 0 Å². The maximum absolute atomic E-state index is 13.3. The Balaban J connectivity index is 1.81. The molecule has 7 heteroatoms. The molecule has 156 valence electrons. The van der Waals surface area contributed by atoms with E-state index in [1.54, 1.807) is 24.3 Å². The highest BCUT2D eigenvalue weighted by atomic mass is 16.2. The lowest BCUT2D eigenvalue weighted by atomic mass is 9.85. The van der Waals surface area contributed by atoms with E-state index in [0.29, 0.717) is 23.2 Å². The maximum Gasteiger partial charge on any atom is 0.325 e. The first-order valence-corrected chi connectivity index (χ1v) is 9.98. The average Bonchev–Trinajstić information content (AvgIpc) is 2.98. The molecule has 0 spiro atoms. The Morgan fingerprint density at radius 3 is 2.30 bits per heavy atom. The van der Waals surface area contributed by atoms with Crippen molar-refractivity contribution < 1.29 is 19.2 Å². The molecule has 0 aromatic heterocycles. The van der Waals surface area contributed by atoms with Gasteiger partial charge in [0, 0.05) is 18.2 Å². The molecule has 1 saturated heterocycles. The lowest BCUT2D eigenvalue weighted by Crippen LogP contribution is -2.44. The normalized spacial score (nSPS) is 18.3. The Bertz CT molecular complexity index is 956. The topological polar surface area (TPSA) is 95.6 Å². The number of nitrogens with zero attached hydrogens (tertiary/aromatic N) is 1. The Morgan fingerprint density at radius 2 is 1.70 bits per heavy atom. The van der Waals surface area contributed by atoms with Crippen LogP contribution in [0.4, 0.5) is 10.5 Å². The minimum absolute atomic E-state index is 0.210. The quantitative estimate of drug-likeness (QED) is 0.517. The molecule has 3 rings (SSSR count). The summed E-state index contributed by atoms with van der Waals surface area (Å²) >= 11 is 0.